The van der Waals surface area contributed by atoms with Gasteiger partial charge in [0.1, 0.15) is 5.75 Å². The minimum absolute atomic E-state index is 0.283. The van der Waals surface area contributed by atoms with Gasteiger partial charge in [0.15, 0.2) is 0 Å². The summed E-state index contributed by atoms with van der Waals surface area (Å²) in [5.41, 5.74) is 4.06. The Morgan fingerprint density at radius 3 is 3.00 bits per heavy atom. The molecule has 0 aliphatic rings. The molecule has 0 aliphatic heterocycles. The number of ether oxygens (including phenoxy) is 1. The van der Waals surface area contributed by atoms with Crippen LogP contribution in [0, 0.1) is 0 Å². The number of rotatable bonds is 7. The summed E-state index contributed by atoms with van der Waals surface area (Å²) in [6, 6.07) is 8.34. The van der Waals surface area contributed by atoms with E-state index < -0.39 is 0 Å². The number of methoxy groups -OCH3 is 1. The molecule has 0 amide bonds. The second-order valence-corrected chi connectivity index (χ2v) is 3.79. The molecule has 0 aliphatic carbocycles. The SMILES string of the molecule is C=CCCC(Cc1cccc(OC)c1)NN. The summed E-state index contributed by atoms with van der Waals surface area (Å²) in [6.45, 7) is 3.71. The van der Waals surface area contributed by atoms with Crippen molar-refractivity contribution in [1.29, 1.82) is 0 Å². The van der Waals surface area contributed by atoms with Crippen LogP contribution in [-0.2, 0) is 6.42 Å². The molecule has 1 atom stereocenters. The molecule has 3 N–H and O–H groups in total. The number of allylic oxidation sites excluding steroid dienone is 1. The summed E-state index contributed by atoms with van der Waals surface area (Å²) in [4.78, 5) is 0. The van der Waals surface area contributed by atoms with Gasteiger partial charge in [-0.3, -0.25) is 11.3 Å². The summed E-state index contributed by atoms with van der Waals surface area (Å²) in [5.74, 6) is 6.40. The predicted octanol–water partition coefficient (Wildman–Crippen LogP) is 2.04. The van der Waals surface area contributed by atoms with Gasteiger partial charge in [-0.15, -0.1) is 6.58 Å². The normalized spacial score (nSPS) is 12.1. The number of hydrogen-bond acceptors (Lipinski definition) is 3. The van der Waals surface area contributed by atoms with E-state index in [1.54, 1.807) is 7.11 Å². The van der Waals surface area contributed by atoms with Crippen molar-refractivity contribution in [2.75, 3.05) is 7.11 Å². The lowest BCUT2D eigenvalue weighted by molar-refractivity contribution is 0.413. The third kappa shape index (κ3) is 4.04. The molecule has 1 unspecified atom stereocenters. The van der Waals surface area contributed by atoms with E-state index in [-0.39, 0.29) is 6.04 Å². The third-order valence-electron chi connectivity index (χ3n) is 2.57. The topological polar surface area (TPSA) is 47.3 Å². The van der Waals surface area contributed by atoms with E-state index in [9.17, 15) is 0 Å². The van der Waals surface area contributed by atoms with Crippen LogP contribution >= 0.6 is 0 Å². The first-order valence-corrected chi connectivity index (χ1v) is 5.50. The van der Waals surface area contributed by atoms with Crippen molar-refractivity contribution in [2.45, 2.75) is 25.3 Å². The Balaban J connectivity index is 2.58. The second kappa shape index (κ2) is 7.04. The summed E-state index contributed by atoms with van der Waals surface area (Å²) in [7, 11) is 1.68. The molecule has 0 heterocycles. The summed E-state index contributed by atoms with van der Waals surface area (Å²) < 4.78 is 5.18. The van der Waals surface area contributed by atoms with Gasteiger partial charge in [-0.1, -0.05) is 18.2 Å². The quantitative estimate of drug-likeness (QED) is 0.420. The maximum absolute atomic E-state index is 5.52. The van der Waals surface area contributed by atoms with E-state index in [0.717, 1.165) is 25.0 Å². The van der Waals surface area contributed by atoms with Crippen LogP contribution in [0.2, 0.25) is 0 Å². The molecule has 0 saturated heterocycles. The molecular formula is C13H20N2O. The lowest BCUT2D eigenvalue weighted by atomic mass is 10.0. The fraction of sp³-hybridized carbons (Fsp3) is 0.385. The highest BCUT2D eigenvalue weighted by Gasteiger charge is 2.07. The van der Waals surface area contributed by atoms with Crippen LogP contribution in [0.4, 0.5) is 0 Å². The molecule has 0 saturated carbocycles. The van der Waals surface area contributed by atoms with Gasteiger partial charge in [0.05, 0.1) is 7.11 Å². The van der Waals surface area contributed by atoms with Gasteiger partial charge >= 0.3 is 0 Å². The number of nitrogens with one attached hydrogen (secondary N) is 1. The minimum Gasteiger partial charge on any atom is -0.497 e. The Kier molecular flexibility index (Phi) is 5.61. The largest absolute Gasteiger partial charge is 0.497 e. The molecular weight excluding hydrogens is 200 g/mol. The molecule has 1 rings (SSSR count). The summed E-state index contributed by atoms with van der Waals surface area (Å²) in [6.07, 6.45) is 4.79. The molecule has 1 aromatic carbocycles. The molecule has 0 fully saturated rings. The van der Waals surface area contributed by atoms with Crippen molar-refractivity contribution in [3.63, 3.8) is 0 Å². The number of hydrogen-bond donors (Lipinski definition) is 2. The minimum atomic E-state index is 0.283. The van der Waals surface area contributed by atoms with Gasteiger partial charge in [0.25, 0.3) is 0 Å². The molecule has 0 bridgehead atoms. The van der Waals surface area contributed by atoms with E-state index in [2.05, 4.69) is 18.1 Å². The van der Waals surface area contributed by atoms with Crippen LogP contribution in [0.25, 0.3) is 0 Å². The van der Waals surface area contributed by atoms with Crippen molar-refractivity contribution in [1.82, 2.24) is 5.43 Å². The summed E-state index contributed by atoms with van der Waals surface area (Å²) in [5, 5.41) is 0. The monoisotopic (exact) mass is 220 g/mol. The first kappa shape index (κ1) is 12.7. The Bertz CT molecular complexity index is 325. The molecule has 0 aromatic heterocycles. The van der Waals surface area contributed by atoms with E-state index in [4.69, 9.17) is 10.6 Å². The van der Waals surface area contributed by atoms with Crippen molar-refractivity contribution < 1.29 is 4.74 Å². The number of hydrazine groups is 1. The maximum atomic E-state index is 5.52. The van der Waals surface area contributed by atoms with E-state index in [1.807, 2.05) is 24.3 Å². The highest BCUT2D eigenvalue weighted by Crippen LogP contribution is 2.15. The highest BCUT2D eigenvalue weighted by atomic mass is 16.5. The van der Waals surface area contributed by atoms with Gasteiger partial charge in [-0.05, 0) is 37.0 Å². The fourth-order valence-corrected chi connectivity index (χ4v) is 1.65. The molecule has 1 aromatic rings. The van der Waals surface area contributed by atoms with Gasteiger partial charge in [-0.25, -0.2) is 0 Å². The van der Waals surface area contributed by atoms with Crippen LogP contribution in [0.15, 0.2) is 36.9 Å². The van der Waals surface area contributed by atoms with Crippen molar-refractivity contribution in [3.8, 4) is 5.75 Å². The van der Waals surface area contributed by atoms with E-state index in [0.29, 0.717) is 0 Å². The molecule has 3 heteroatoms. The first-order chi connectivity index (χ1) is 7.80. The molecule has 0 spiro atoms. The van der Waals surface area contributed by atoms with Crippen molar-refractivity contribution in [2.24, 2.45) is 5.84 Å². The van der Waals surface area contributed by atoms with Crippen LogP contribution in [-0.4, -0.2) is 13.2 Å². The highest BCUT2D eigenvalue weighted by molar-refractivity contribution is 5.28. The molecule has 0 radical (unpaired) electrons. The van der Waals surface area contributed by atoms with Crippen LogP contribution < -0.4 is 16.0 Å². The standard InChI is InChI=1S/C13H20N2O/c1-3-4-7-12(15-14)9-11-6-5-8-13(10-11)16-2/h3,5-6,8,10,12,15H,1,4,7,9,14H2,2H3. The van der Waals surface area contributed by atoms with Gasteiger partial charge in [0.2, 0.25) is 0 Å². The van der Waals surface area contributed by atoms with Crippen molar-refractivity contribution >= 4 is 0 Å². The molecule has 16 heavy (non-hydrogen) atoms. The summed E-state index contributed by atoms with van der Waals surface area (Å²) >= 11 is 0. The zero-order valence-corrected chi connectivity index (χ0v) is 9.78. The van der Waals surface area contributed by atoms with Gasteiger partial charge in [-0.2, -0.15) is 0 Å². The fourth-order valence-electron chi connectivity index (χ4n) is 1.65. The Morgan fingerprint density at radius 1 is 1.56 bits per heavy atom. The van der Waals surface area contributed by atoms with Crippen LogP contribution in [0.5, 0.6) is 5.75 Å². The average Bonchev–Trinajstić information content (AvgIpc) is 2.34. The Labute approximate surface area is 97.3 Å². The smallest absolute Gasteiger partial charge is 0.119 e. The zero-order valence-electron chi connectivity index (χ0n) is 9.78. The average molecular weight is 220 g/mol. The third-order valence-corrected chi connectivity index (χ3v) is 2.57. The first-order valence-electron chi connectivity index (χ1n) is 5.50. The molecule has 88 valence electrons. The van der Waals surface area contributed by atoms with Gasteiger partial charge < -0.3 is 4.74 Å². The van der Waals surface area contributed by atoms with Gasteiger partial charge in [0, 0.05) is 6.04 Å². The molecule has 3 nitrogen and oxygen atoms in total. The lowest BCUT2D eigenvalue weighted by Crippen LogP contribution is -2.36. The second-order valence-electron chi connectivity index (χ2n) is 3.79. The van der Waals surface area contributed by atoms with E-state index >= 15 is 0 Å². The zero-order chi connectivity index (χ0) is 11.8. The Hall–Kier alpha value is -1.32. The Morgan fingerprint density at radius 2 is 2.38 bits per heavy atom. The van der Waals surface area contributed by atoms with E-state index in [1.165, 1.54) is 5.56 Å². The predicted molar refractivity (Wildman–Crippen MR) is 67.2 cm³/mol. The lowest BCUT2D eigenvalue weighted by Gasteiger charge is -2.15. The van der Waals surface area contributed by atoms with Crippen molar-refractivity contribution in [3.05, 3.63) is 42.5 Å². The number of nitrogens with two attached hydrogens (primary N) is 1. The van der Waals surface area contributed by atoms with Crippen LogP contribution in [0.3, 0.4) is 0 Å². The number of benzene rings is 1. The maximum Gasteiger partial charge on any atom is 0.119 e. The van der Waals surface area contributed by atoms with Crippen LogP contribution in [0.1, 0.15) is 18.4 Å².